The van der Waals surface area contributed by atoms with Crippen molar-refractivity contribution in [2.75, 3.05) is 5.32 Å². The van der Waals surface area contributed by atoms with Crippen molar-refractivity contribution < 1.29 is 9.53 Å². The molecule has 0 atom stereocenters. The molecule has 0 radical (unpaired) electrons. The van der Waals surface area contributed by atoms with Gasteiger partial charge in [-0.2, -0.15) is 5.10 Å². The molecule has 4 rings (SSSR count). The normalized spacial score (nSPS) is 10.5. The van der Waals surface area contributed by atoms with Crippen LogP contribution in [-0.2, 0) is 0 Å². The van der Waals surface area contributed by atoms with Crippen LogP contribution in [0.3, 0.4) is 0 Å². The van der Waals surface area contributed by atoms with Crippen molar-refractivity contribution in [3.05, 3.63) is 96.0 Å². The van der Waals surface area contributed by atoms with E-state index in [9.17, 15) is 4.79 Å². The van der Waals surface area contributed by atoms with Crippen LogP contribution in [0.2, 0.25) is 5.02 Å². The van der Waals surface area contributed by atoms with E-state index >= 15 is 0 Å². The first kappa shape index (κ1) is 17.8. The maximum atomic E-state index is 12.5. The molecule has 0 spiro atoms. The molecular weight excluding hydrogens is 376 g/mol. The highest BCUT2D eigenvalue weighted by Crippen LogP contribution is 2.22. The number of pyridine rings is 1. The van der Waals surface area contributed by atoms with Gasteiger partial charge in [0, 0.05) is 29.3 Å². The van der Waals surface area contributed by atoms with E-state index in [4.69, 9.17) is 16.3 Å². The maximum absolute atomic E-state index is 12.5. The molecule has 0 fully saturated rings. The largest absolute Gasteiger partial charge is 0.457 e. The Labute approximate surface area is 166 Å². The number of halogens is 1. The SMILES string of the molecule is O=C(Nc1ccc(Oc2ccncc2)cc1)c1cnn(-c2ccc(Cl)cc2)c1. The molecule has 2 aromatic carbocycles. The van der Waals surface area contributed by atoms with Gasteiger partial charge in [-0.3, -0.25) is 9.78 Å². The number of hydrogen-bond donors (Lipinski definition) is 1. The molecule has 0 unspecified atom stereocenters. The quantitative estimate of drug-likeness (QED) is 0.522. The molecular formula is C21H15ClN4O2. The van der Waals surface area contributed by atoms with E-state index in [1.165, 1.54) is 6.20 Å². The Morgan fingerprint density at radius 3 is 2.32 bits per heavy atom. The molecule has 0 aliphatic heterocycles. The Morgan fingerprint density at radius 2 is 1.61 bits per heavy atom. The van der Waals surface area contributed by atoms with Crippen LogP contribution >= 0.6 is 11.6 Å². The topological polar surface area (TPSA) is 69.0 Å². The molecule has 0 saturated heterocycles. The Kier molecular flexibility index (Phi) is 5.03. The minimum Gasteiger partial charge on any atom is -0.457 e. The molecule has 4 aromatic rings. The highest BCUT2D eigenvalue weighted by Gasteiger charge is 2.10. The number of ether oxygens (including phenoxy) is 1. The van der Waals surface area contributed by atoms with Gasteiger partial charge in [0.25, 0.3) is 5.91 Å². The summed E-state index contributed by atoms with van der Waals surface area (Å²) in [5.41, 5.74) is 1.93. The van der Waals surface area contributed by atoms with E-state index in [-0.39, 0.29) is 5.91 Å². The number of nitrogens with zero attached hydrogens (tertiary/aromatic N) is 3. The van der Waals surface area contributed by atoms with Gasteiger partial charge in [-0.1, -0.05) is 11.6 Å². The first-order chi connectivity index (χ1) is 13.7. The Balaban J connectivity index is 1.41. The van der Waals surface area contributed by atoms with E-state index in [2.05, 4.69) is 15.4 Å². The van der Waals surface area contributed by atoms with Gasteiger partial charge in [0.05, 0.1) is 17.4 Å². The summed E-state index contributed by atoms with van der Waals surface area (Å²) in [5, 5.41) is 7.72. The molecule has 0 aliphatic carbocycles. The van der Waals surface area contributed by atoms with Crippen LogP contribution in [-0.4, -0.2) is 20.7 Å². The number of rotatable bonds is 5. The third kappa shape index (κ3) is 4.19. The van der Waals surface area contributed by atoms with Crippen LogP contribution < -0.4 is 10.1 Å². The summed E-state index contributed by atoms with van der Waals surface area (Å²) >= 11 is 5.90. The Morgan fingerprint density at radius 1 is 0.929 bits per heavy atom. The summed E-state index contributed by atoms with van der Waals surface area (Å²) in [7, 11) is 0. The fourth-order valence-electron chi connectivity index (χ4n) is 2.53. The summed E-state index contributed by atoms with van der Waals surface area (Å²) in [6.45, 7) is 0. The average molecular weight is 391 g/mol. The van der Waals surface area contributed by atoms with Crippen LogP contribution in [0.5, 0.6) is 11.5 Å². The van der Waals surface area contributed by atoms with Crippen molar-refractivity contribution in [2.45, 2.75) is 0 Å². The number of hydrogen-bond acceptors (Lipinski definition) is 4. The predicted molar refractivity (Wildman–Crippen MR) is 107 cm³/mol. The van der Waals surface area contributed by atoms with E-state index in [1.807, 2.05) is 12.1 Å². The number of carbonyl (C=O) groups is 1. The zero-order valence-corrected chi connectivity index (χ0v) is 15.4. The van der Waals surface area contributed by atoms with Gasteiger partial charge < -0.3 is 10.1 Å². The van der Waals surface area contributed by atoms with E-state index in [1.54, 1.807) is 71.8 Å². The van der Waals surface area contributed by atoms with Crippen molar-refractivity contribution >= 4 is 23.2 Å². The van der Waals surface area contributed by atoms with Gasteiger partial charge in [0.1, 0.15) is 11.5 Å². The molecule has 138 valence electrons. The lowest BCUT2D eigenvalue weighted by molar-refractivity contribution is 0.102. The van der Waals surface area contributed by atoms with Crippen LogP contribution in [0, 0.1) is 0 Å². The number of aromatic nitrogens is 3. The first-order valence-corrected chi connectivity index (χ1v) is 8.85. The Hall–Kier alpha value is -3.64. The van der Waals surface area contributed by atoms with Crippen LogP contribution in [0.4, 0.5) is 5.69 Å². The van der Waals surface area contributed by atoms with Gasteiger partial charge in [-0.15, -0.1) is 0 Å². The number of nitrogens with one attached hydrogen (secondary N) is 1. The smallest absolute Gasteiger partial charge is 0.258 e. The number of benzene rings is 2. The van der Waals surface area contributed by atoms with Crippen LogP contribution in [0.1, 0.15) is 10.4 Å². The van der Waals surface area contributed by atoms with Gasteiger partial charge in [-0.25, -0.2) is 4.68 Å². The second-order valence-corrected chi connectivity index (χ2v) is 6.35. The summed E-state index contributed by atoms with van der Waals surface area (Å²) in [4.78, 5) is 16.4. The lowest BCUT2D eigenvalue weighted by Gasteiger charge is -2.07. The van der Waals surface area contributed by atoms with E-state index in [0.717, 1.165) is 5.69 Å². The van der Waals surface area contributed by atoms with Gasteiger partial charge in [-0.05, 0) is 60.7 Å². The zero-order chi connectivity index (χ0) is 19.3. The second-order valence-electron chi connectivity index (χ2n) is 5.91. The number of amides is 1. The monoisotopic (exact) mass is 390 g/mol. The molecule has 28 heavy (non-hydrogen) atoms. The molecule has 1 amide bonds. The van der Waals surface area contributed by atoms with E-state index < -0.39 is 0 Å². The van der Waals surface area contributed by atoms with Crippen molar-refractivity contribution in [3.8, 4) is 17.2 Å². The molecule has 7 heteroatoms. The zero-order valence-electron chi connectivity index (χ0n) is 14.6. The van der Waals surface area contributed by atoms with Crippen molar-refractivity contribution in [1.82, 2.24) is 14.8 Å². The summed E-state index contributed by atoms with van der Waals surface area (Å²) in [6.07, 6.45) is 6.51. The van der Waals surface area contributed by atoms with Crippen molar-refractivity contribution in [1.29, 1.82) is 0 Å². The van der Waals surface area contributed by atoms with Crippen molar-refractivity contribution in [2.24, 2.45) is 0 Å². The minimum atomic E-state index is -0.247. The average Bonchev–Trinajstić information content (AvgIpc) is 3.21. The first-order valence-electron chi connectivity index (χ1n) is 8.47. The van der Waals surface area contributed by atoms with Gasteiger partial charge >= 0.3 is 0 Å². The molecule has 2 aromatic heterocycles. The maximum Gasteiger partial charge on any atom is 0.258 e. The van der Waals surface area contributed by atoms with Crippen LogP contribution in [0.25, 0.3) is 5.69 Å². The molecule has 1 N–H and O–H groups in total. The number of carbonyl (C=O) groups excluding carboxylic acids is 1. The van der Waals surface area contributed by atoms with Crippen LogP contribution in [0.15, 0.2) is 85.5 Å². The van der Waals surface area contributed by atoms with Gasteiger partial charge in [0.2, 0.25) is 0 Å². The summed E-state index contributed by atoms with van der Waals surface area (Å²) in [5.74, 6) is 1.11. The fourth-order valence-corrected chi connectivity index (χ4v) is 2.65. The van der Waals surface area contributed by atoms with Gasteiger partial charge in [0.15, 0.2) is 0 Å². The summed E-state index contributed by atoms with van der Waals surface area (Å²) in [6, 6.07) is 17.9. The third-order valence-corrected chi connectivity index (χ3v) is 4.19. The highest BCUT2D eigenvalue weighted by atomic mass is 35.5. The molecule has 0 aliphatic rings. The minimum absolute atomic E-state index is 0.247. The lowest BCUT2D eigenvalue weighted by atomic mass is 10.2. The van der Waals surface area contributed by atoms with E-state index in [0.29, 0.717) is 27.8 Å². The molecule has 2 heterocycles. The second kappa shape index (κ2) is 7.94. The molecule has 0 bridgehead atoms. The fraction of sp³-hybridized carbons (Fsp3) is 0. The summed E-state index contributed by atoms with van der Waals surface area (Å²) < 4.78 is 7.33. The standard InChI is InChI=1S/C21H15ClN4O2/c22-16-1-5-18(6-2-16)26-14-15(13-24-26)21(27)25-17-3-7-19(8-4-17)28-20-9-11-23-12-10-20/h1-14H,(H,25,27). The number of anilines is 1. The Bertz CT molecular complexity index is 1080. The van der Waals surface area contributed by atoms with Crippen molar-refractivity contribution in [3.63, 3.8) is 0 Å². The third-order valence-electron chi connectivity index (χ3n) is 3.93. The predicted octanol–water partition coefficient (Wildman–Crippen LogP) is 4.97. The molecule has 0 saturated carbocycles. The lowest BCUT2D eigenvalue weighted by Crippen LogP contribution is -2.10. The highest BCUT2D eigenvalue weighted by molar-refractivity contribution is 6.30. The molecule has 6 nitrogen and oxygen atoms in total.